The third-order valence-corrected chi connectivity index (χ3v) is 5.30. The lowest BCUT2D eigenvalue weighted by atomic mass is 9.92. The van der Waals surface area contributed by atoms with Crippen molar-refractivity contribution in [3.05, 3.63) is 48.2 Å². The number of fused-ring (bicyclic) bond motifs is 1. The SMILES string of the molecule is CCc1cc(Oc2ccnc3cc(OC)c(OC)cc23)ccc1NC(=O)NCCC(C)(C)C. The molecule has 7 nitrogen and oxygen atoms in total. The molecule has 33 heavy (non-hydrogen) atoms. The molecule has 1 heterocycles. The van der Waals surface area contributed by atoms with Crippen molar-refractivity contribution in [2.75, 3.05) is 26.1 Å². The number of pyridine rings is 1. The van der Waals surface area contributed by atoms with E-state index < -0.39 is 0 Å². The minimum absolute atomic E-state index is 0.174. The zero-order valence-electron chi connectivity index (χ0n) is 20.2. The Bertz CT molecular complexity index is 1120. The Morgan fingerprint density at radius 3 is 2.39 bits per heavy atom. The van der Waals surface area contributed by atoms with E-state index in [1.165, 1.54) is 0 Å². The highest BCUT2D eigenvalue weighted by Gasteiger charge is 2.14. The second kappa shape index (κ2) is 10.4. The van der Waals surface area contributed by atoms with Gasteiger partial charge in [0.1, 0.15) is 11.5 Å². The largest absolute Gasteiger partial charge is 0.493 e. The number of aromatic nitrogens is 1. The van der Waals surface area contributed by atoms with Gasteiger partial charge in [0.25, 0.3) is 0 Å². The maximum Gasteiger partial charge on any atom is 0.319 e. The zero-order valence-corrected chi connectivity index (χ0v) is 20.2. The van der Waals surface area contributed by atoms with Crippen LogP contribution >= 0.6 is 0 Å². The van der Waals surface area contributed by atoms with Crippen LogP contribution in [0.1, 0.15) is 39.7 Å². The van der Waals surface area contributed by atoms with E-state index in [9.17, 15) is 4.79 Å². The minimum atomic E-state index is -0.205. The summed E-state index contributed by atoms with van der Waals surface area (Å²) in [4.78, 5) is 16.7. The van der Waals surface area contributed by atoms with Crippen LogP contribution in [0, 0.1) is 5.41 Å². The molecule has 2 amide bonds. The molecule has 0 radical (unpaired) electrons. The number of urea groups is 1. The van der Waals surface area contributed by atoms with E-state index in [1.54, 1.807) is 20.4 Å². The topological polar surface area (TPSA) is 81.7 Å². The molecule has 0 aliphatic rings. The molecule has 0 fully saturated rings. The molecule has 7 heteroatoms. The molecule has 1 aromatic heterocycles. The van der Waals surface area contributed by atoms with Gasteiger partial charge in [0.15, 0.2) is 11.5 Å². The number of anilines is 1. The molecule has 2 aromatic carbocycles. The number of rotatable bonds is 8. The highest BCUT2D eigenvalue weighted by atomic mass is 16.5. The van der Waals surface area contributed by atoms with Crippen molar-refractivity contribution in [2.24, 2.45) is 5.41 Å². The molecule has 0 aliphatic heterocycles. The van der Waals surface area contributed by atoms with Crippen LogP contribution in [0.15, 0.2) is 42.6 Å². The van der Waals surface area contributed by atoms with Crippen molar-refractivity contribution in [3.8, 4) is 23.0 Å². The molecule has 2 N–H and O–H groups in total. The molecular formula is C26H33N3O4. The Morgan fingerprint density at radius 1 is 1.00 bits per heavy atom. The first-order chi connectivity index (χ1) is 15.7. The van der Waals surface area contributed by atoms with Gasteiger partial charge < -0.3 is 24.8 Å². The van der Waals surface area contributed by atoms with E-state index in [-0.39, 0.29) is 11.4 Å². The molecule has 0 bridgehead atoms. The Hall–Kier alpha value is -3.48. The number of aryl methyl sites for hydroxylation is 1. The summed E-state index contributed by atoms with van der Waals surface area (Å²) in [7, 11) is 3.19. The fraction of sp³-hybridized carbons (Fsp3) is 0.385. The second-order valence-electron chi connectivity index (χ2n) is 9.00. The molecule has 0 atom stereocenters. The number of carbonyl (C=O) groups excluding carboxylic acids is 1. The number of carbonyl (C=O) groups is 1. The zero-order chi connectivity index (χ0) is 24.0. The van der Waals surface area contributed by atoms with Gasteiger partial charge in [-0.3, -0.25) is 4.98 Å². The molecule has 3 rings (SSSR count). The fourth-order valence-corrected chi connectivity index (χ4v) is 3.43. The Labute approximate surface area is 195 Å². The first-order valence-electron chi connectivity index (χ1n) is 11.1. The van der Waals surface area contributed by atoms with Gasteiger partial charge in [-0.25, -0.2) is 4.79 Å². The van der Waals surface area contributed by atoms with Gasteiger partial charge in [-0.05, 0) is 54.2 Å². The minimum Gasteiger partial charge on any atom is -0.493 e. The number of nitrogens with zero attached hydrogens (tertiary/aromatic N) is 1. The Kier molecular flexibility index (Phi) is 7.63. The van der Waals surface area contributed by atoms with Crippen LogP contribution in [0.4, 0.5) is 10.5 Å². The van der Waals surface area contributed by atoms with Crippen LogP contribution in [0.25, 0.3) is 10.9 Å². The molecule has 176 valence electrons. The van der Waals surface area contributed by atoms with Crippen molar-refractivity contribution in [1.82, 2.24) is 10.3 Å². The van der Waals surface area contributed by atoms with Gasteiger partial charge in [0.05, 0.1) is 19.7 Å². The van der Waals surface area contributed by atoms with E-state index in [1.807, 2.05) is 43.3 Å². The Balaban J connectivity index is 1.78. The third-order valence-electron chi connectivity index (χ3n) is 5.30. The molecule has 3 aromatic rings. The van der Waals surface area contributed by atoms with Crippen LogP contribution in [0.2, 0.25) is 0 Å². The van der Waals surface area contributed by atoms with Crippen LogP contribution in [-0.4, -0.2) is 31.8 Å². The van der Waals surface area contributed by atoms with E-state index >= 15 is 0 Å². The molecule has 0 saturated carbocycles. The smallest absolute Gasteiger partial charge is 0.319 e. The van der Waals surface area contributed by atoms with E-state index in [4.69, 9.17) is 14.2 Å². The summed E-state index contributed by atoms with van der Waals surface area (Å²) in [6.07, 6.45) is 3.35. The number of benzene rings is 2. The summed E-state index contributed by atoms with van der Waals surface area (Å²) in [5, 5.41) is 6.69. The lowest BCUT2D eigenvalue weighted by Gasteiger charge is -2.18. The normalized spacial score (nSPS) is 11.2. The maximum absolute atomic E-state index is 12.3. The number of nitrogens with one attached hydrogen (secondary N) is 2. The molecular weight excluding hydrogens is 418 g/mol. The van der Waals surface area contributed by atoms with Gasteiger partial charge in [0.2, 0.25) is 0 Å². The average molecular weight is 452 g/mol. The lowest BCUT2D eigenvalue weighted by molar-refractivity contribution is 0.250. The Morgan fingerprint density at radius 2 is 1.73 bits per heavy atom. The van der Waals surface area contributed by atoms with E-state index in [0.717, 1.165) is 35.0 Å². The van der Waals surface area contributed by atoms with Gasteiger partial charge >= 0.3 is 6.03 Å². The highest BCUT2D eigenvalue weighted by molar-refractivity contribution is 5.90. The van der Waals surface area contributed by atoms with Gasteiger partial charge in [-0.2, -0.15) is 0 Å². The average Bonchev–Trinajstić information content (AvgIpc) is 2.78. The summed E-state index contributed by atoms with van der Waals surface area (Å²) in [6, 6.07) is 10.9. The van der Waals surface area contributed by atoms with Gasteiger partial charge in [-0.1, -0.05) is 27.7 Å². The number of methoxy groups -OCH3 is 2. The second-order valence-corrected chi connectivity index (χ2v) is 9.00. The van der Waals surface area contributed by atoms with Crippen LogP contribution in [0.3, 0.4) is 0 Å². The van der Waals surface area contributed by atoms with Crippen LogP contribution in [0.5, 0.6) is 23.0 Å². The van der Waals surface area contributed by atoms with Crippen molar-refractivity contribution >= 4 is 22.6 Å². The number of amides is 2. The maximum atomic E-state index is 12.3. The van der Waals surface area contributed by atoms with Crippen molar-refractivity contribution < 1.29 is 19.0 Å². The van der Waals surface area contributed by atoms with E-state index in [2.05, 4.69) is 36.4 Å². The lowest BCUT2D eigenvalue weighted by Crippen LogP contribution is -2.31. The highest BCUT2D eigenvalue weighted by Crippen LogP contribution is 2.37. The fourth-order valence-electron chi connectivity index (χ4n) is 3.43. The first-order valence-corrected chi connectivity index (χ1v) is 11.1. The number of hydrogen-bond donors (Lipinski definition) is 2. The summed E-state index contributed by atoms with van der Waals surface area (Å²) in [5.41, 5.74) is 2.67. The quantitative estimate of drug-likeness (QED) is 0.428. The number of hydrogen-bond acceptors (Lipinski definition) is 5. The van der Waals surface area contributed by atoms with Crippen molar-refractivity contribution in [1.29, 1.82) is 0 Å². The standard InChI is InChI=1S/C26H33N3O4/c1-7-17-14-18(8-9-20(17)29-25(30)28-13-11-26(2,3)4)33-22-10-12-27-21-16-24(32-6)23(31-5)15-19(21)22/h8-10,12,14-16H,7,11,13H2,1-6H3,(H2,28,29,30). The van der Waals surface area contributed by atoms with Crippen LogP contribution in [-0.2, 0) is 6.42 Å². The summed E-state index contributed by atoms with van der Waals surface area (Å²) in [5.74, 6) is 2.55. The van der Waals surface area contributed by atoms with Crippen LogP contribution < -0.4 is 24.8 Å². The molecule has 0 unspecified atom stereocenters. The monoisotopic (exact) mass is 451 g/mol. The van der Waals surface area contributed by atoms with E-state index in [0.29, 0.717) is 29.5 Å². The van der Waals surface area contributed by atoms with Crippen molar-refractivity contribution in [3.63, 3.8) is 0 Å². The third kappa shape index (κ3) is 6.28. The molecule has 0 saturated heterocycles. The molecule has 0 aliphatic carbocycles. The van der Waals surface area contributed by atoms with Crippen molar-refractivity contribution in [2.45, 2.75) is 40.5 Å². The predicted octanol–water partition coefficient (Wildman–Crippen LogP) is 6.16. The first kappa shape index (κ1) is 24.2. The van der Waals surface area contributed by atoms with Gasteiger partial charge in [-0.15, -0.1) is 0 Å². The summed E-state index contributed by atoms with van der Waals surface area (Å²) >= 11 is 0. The van der Waals surface area contributed by atoms with Gasteiger partial charge in [0, 0.05) is 29.9 Å². The predicted molar refractivity (Wildman–Crippen MR) is 132 cm³/mol. The summed E-state index contributed by atoms with van der Waals surface area (Å²) in [6.45, 7) is 9.12. The summed E-state index contributed by atoms with van der Waals surface area (Å²) < 4.78 is 17.0. The number of ether oxygens (including phenoxy) is 3. The molecule has 0 spiro atoms.